The quantitative estimate of drug-likeness (QED) is 0.612. The fraction of sp³-hybridized carbons (Fsp3) is 0.235. The first kappa shape index (κ1) is 11.4. The highest BCUT2D eigenvalue weighted by atomic mass is 16.5. The van der Waals surface area contributed by atoms with Crippen LogP contribution in [-0.2, 0) is 14.0 Å². The van der Waals surface area contributed by atoms with E-state index in [0.717, 1.165) is 15.6 Å². The molecule has 4 aromatic rings. The number of fused-ring (bicyclic) bond motifs is 3. The van der Waals surface area contributed by atoms with Crippen LogP contribution in [0.4, 0.5) is 0 Å². The third kappa shape index (κ3) is 1.94. The number of H-pyrrole nitrogens is 1. The van der Waals surface area contributed by atoms with E-state index in [9.17, 15) is 4.79 Å². The second-order valence-electron chi connectivity index (χ2n) is 5.64. The molecule has 3 heterocycles. The van der Waals surface area contributed by atoms with Crippen LogP contribution in [0.15, 0.2) is 29.2 Å². The number of imidazole rings is 1. The topological polar surface area (TPSA) is 77.7 Å². The molecular formula is C17H17N5O2. The maximum Gasteiger partial charge on any atom is 0.326 e. The number of rotatable bonds is 2. The lowest BCUT2D eigenvalue weighted by Crippen LogP contribution is -2.12. The Hall–Kier alpha value is -3.09. The zero-order valence-corrected chi connectivity index (χ0v) is 13.4. The molecule has 4 rings (SSSR count). The molecule has 0 radical (unpaired) electrons. The van der Waals surface area contributed by atoms with Crippen LogP contribution >= 0.6 is 0 Å². The predicted molar refractivity (Wildman–Crippen MR) is 92.3 cm³/mol. The number of hydrogen-bond donors (Lipinski definition) is 1. The van der Waals surface area contributed by atoms with Crippen molar-refractivity contribution in [3.63, 3.8) is 0 Å². The standard InChI is InChI=1S/C17H17N5O2/c1-9-12(8-21(2)20-9)10-5-6-13-11(7-10)14-15(16(18-13)24-4)22(3)17(23)19-14/h5-8H,1-4H3,(H,19,23)/i2D3. The van der Waals surface area contributed by atoms with E-state index in [-0.39, 0.29) is 5.69 Å². The minimum Gasteiger partial charge on any atom is -0.479 e. The van der Waals surface area contributed by atoms with Gasteiger partial charge in [-0.15, -0.1) is 0 Å². The molecule has 0 aliphatic heterocycles. The molecule has 0 unspecified atom stereocenters. The van der Waals surface area contributed by atoms with Gasteiger partial charge in [-0.3, -0.25) is 9.25 Å². The number of pyridine rings is 1. The van der Waals surface area contributed by atoms with Gasteiger partial charge in [-0.1, -0.05) is 6.07 Å². The zero-order chi connectivity index (χ0) is 19.5. The van der Waals surface area contributed by atoms with E-state index in [2.05, 4.69) is 15.1 Å². The molecule has 1 aromatic carbocycles. The van der Waals surface area contributed by atoms with Gasteiger partial charge in [-0.25, -0.2) is 9.78 Å². The van der Waals surface area contributed by atoms with E-state index in [1.165, 1.54) is 17.9 Å². The number of methoxy groups -OCH3 is 1. The zero-order valence-electron chi connectivity index (χ0n) is 16.4. The largest absolute Gasteiger partial charge is 0.479 e. The lowest BCUT2D eigenvalue weighted by Gasteiger charge is -2.07. The lowest BCUT2D eigenvalue weighted by atomic mass is 10.0. The molecule has 7 nitrogen and oxygen atoms in total. The number of hydrogen-bond acceptors (Lipinski definition) is 4. The Kier molecular flexibility index (Phi) is 2.36. The van der Waals surface area contributed by atoms with Crippen molar-refractivity contribution in [3.05, 3.63) is 40.6 Å². The molecule has 122 valence electrons. The Bertz CT molecular complexity index is 1250. The van der Waals surface area contributed by atoms with Crippen molar-refractivity contribution in [2.24, 2.45) is 14.0 Å². The number of benzene rings is 1. The summed E-state index contributed by atoms with van der Waals surface area (Å²) in [4.78, 5) is 19.4. The molecule has 24 heavy (non-hydrogen) atoms. The Morgan fingerprint density at radius 2 is 2.21 bits per heavy atom. The Labute approximate surface area is 141 Å². The fourth-order valence-corrected chi connectivity index (χ4v) is 3.01. The number of aryl methyl sites for hydroxylation is 3. The van der Waals surface area contributed by atoms with Crippen molar-refractivity contribution in [3.8, 4) is 17.0 Å². The van der Waals surface area contributed by atoms with Gasteiger partial charge in [-0.2, -0.15) is 5.10 Å². The van der Waals surface area contributed by atoms with Crippen LogP contribution in [-0.4, -0.2) is 31.4 Å². The van der Waals surface area contributed by atoms with Crippen LogP contribution in [0.1, 0.15) is 9.81 Å². The van der Waals surface area contributed by atoms with Crippen molar-refractivity contribution >= 4 is 21.9 Å². The lowest BCUT2D eigenvalue weighted by molar-refractivity contribution is 0.403. The highest BCUT2D eigenvalue weighted by Crippen LogP contribution is 2.32. The molecule has 0 saturated carbocycles. The maximum atomic E-state index is 12.1. The summed E-state index contributed by atoms with van der Waals surface area (Å²) in [5.74, 6) is 0.359. The van der Waals surface area contributed by atoms with Crippen LogP contribution in [0.2, 0.25) is 0 Å². The van der Waals surface area contributed by atoms with Gasteiger partial charge in [0, 0.05) is 35.3 Å². The van der Waals surface area contributed by atoms with Crippen molar-refractivity contribution in [1.82, 2.24) is 24.3 Å². The minimum atomic E-state index is -2.34. The molecule has 0 aliphatic rings. The van der Waals surface area contributed by atoms with Crippen LogP contribution in [0.25, 0.3) is 33.1 Å². The number of aromatic amines is 1. The minimum absolute atomic E-state index is 0.269. The normalized spacial score (nSPS) is 13.9. The van der Waals surface area contributed by atoms with Gasteiger partial charge in [0.05, 0.1) is 23.8 Å². The predicted octanol–water partition coefficient (Wildman–Crippen LogP) is 2.13. The third-order valence-corrected chi connectivity index (χ3v) is 4.20. The summed E-state index contributed by atoms with van der Waals surface area (Å²) in [6, 6.07) is 5.52. The van der Waals surface area contributed by atoms with E-state index in [0.29, 0.717) is 33.7 Å². The van der Waals surface area contributed by atoms with Crippen LogP contribution in [0, 0.1) is 6.92 Å². The molecule has 7 heteroatoms. The third-order valence-electron chi connectivity index (χ3n) is 4.20. The Morgan fingerprint density at radius 1 is 1.38 bits per heavy atom. The smallest absolute Gasteiger partial charge is 0.326 e. The van der Waals surface area contributed by atoms with Gasteiger partial charge in [0.15, 0.2) is 0 Å². The van der Waals surface area contributed by atoms with Crippen molar-refractivity contribution in [1.29, 1.82) is 0 Å². The summed E-state index contributed by atoms with van der Waals surface area (Å²) in [7, 11) is 3.15. The summed E-state index contributed by atoms with van der Waals surface area (Å²) < 4.78 is 30.3. The maximum absolute atomic E-state index is 12.1. The van der Waals surface area contributed by atoms with Crippen molar-refractivity contribution in [2.75, 3.05) is 7.11 Å². The molecular weight excluding hydrogens is 306 g/mol. The highest BCUT2D eigenvalue weighted by Gasteiger charge is 2.16. The number of ether oxygens (including phenoxy) is 1. The molecule has 0 spiro atoms. The van der Waals surface area contributed by atoms with Gasteiger partial charge >= 0.3 is 5.69 Å². The van der Waals surface area contributed by atoms with Gasteiger partial charge < -0.3 is 9.72 Å². The van der Waals surface area contributed by atoms with E-state index in [1.807, 2.05) is 18.2 Å². The van der Waals surface area contributed by atoms with E-state index >= 15 is 0 Å². The molecule has 0 saturated heterocycles. The van der Waals surface area contributed by atoms with Gasteiger partial charge in [-0.05, 0) is 24.6 Å². The van der Waals surface area contributed by atoms with E-state index < -0.39 is 6.98 Å². The molecule has 0 aliphatic carbocycles. The van der Waals surface area contributed by atoms with E-state index in [1.54, 1.807) is 14.0 Å². The van der Waals surface area contributed by atoms with E-state index in [4.69, 9.17) is 8.85 Å². The molecule has 0 atom stereocenters. The van der Waals surface area contributed by atoms with Crippen molar-refractivity contribution in [2.45, 2.75) is 6.92 Å². The summed E-state index contributed by atoms with van der Waals surface area (Å²) in [5, 5.41) is 4.84. The van der Waals surface area contributed by atoms with Crippen LogP contribution < -0.4 is 10.4 Å². The summed E-state index contributed by atoms with van der Waals surface area (Å²) >= 11 is 0. The second-order valence-corrected chi connectivity index (χ2v) is 5.64. The van der Waals surface area contributed by atoms with Crippen molar-refractivity contribution < 1.29 is 8.85 Å². The van der Waals surface area contributed by atoms with Crippen LogP contribution in [0.5, 0.6) is 5.88 Å². The fourth-order valence-electron chi connectivity index (χ4n) is 3.01. The number of nitrogens with zero attached hydrogens (tertiary/aromatic N) is 4. The number of nitrogens with one attached hydrogen (secondary N) is 1. The van der Waals surface area contributed by atoms with Gasteiger partial charge in [0.2, 0.25) is 5.88 Å². The Morgan fingerprint density at radius 3 is 2.92 bits per heavy atom. The number of aromatic nitrogens is 5. The summed E-state index contributed by atoms with van der Waals surface area (Å²) in [5.41, 5.74) is 3.67. The summed E-state index contributed by atoms with van der Waals surface area (Å²) in [6.07, 6.45) is 1.51. The average molecular weight is 326 g/mol. The second kappa shape index (κ2) is 4.95. The molecule has 0 bridgehead atoms. The first-order chi connectivity index (χ1) is 12.7. The molecule has 3 aromatic heterocycles. The van der Waals surface area contributed by atoms with Gasteiger partial charge in [0.25, 0.3) is 0 Å². The first-order valence-electron chi connectivity index (χ1n) is 8.84. The molecule has 0 fully saturated rings. The van der Waals surface area contributed by atoms with Gasteiger partial charge in [0.1, 0.15) is 5.52 Å². The average Bonchev–Trinajstić information content (AvgIpc) is 3.15. The Balaban J connectivity index is 2.01. The molecule has 0 amide bonds. The summed E-state index contributed by atoms with van der Waals surface area (Å²) in [6.45, 7) is -0.583. The monoisotopic (exact) mass is 326 g/mol. The molecule has 1 N–H and O–H groups in total. The first-order valence-corrected chi connectivity index (χ1v) is 7.34. The van der Waals surface area contributed by atoms with Crippen LogP contribution in [0.3, 0.4) is 0 Å². The SMILES string of the molecule is [2H]C([2H])([2H])n1cc(-c2ccc3nc(OC)c4c([nH]c(=O)n4C)c3c2)c(C)n1. The highest BCUT2D eigenvalue weighted by molar-refractivity contribution is 6.05.